The number of nitrogens with zero attached hydrogens (tertiary/aromatic N) is 2. The summed E-state index contributed by atoms with van der Waals surface area (Å²) in [7, 11) is 0. The van der Waals surface area contributed by atoms with Crippen LogP contribution in [-0.4, -0.2) is 25.2 Å². The van der Waals surface area contributed by atoms with Crippen molar-refractivity contribution in [1.82, 2.24) is 15.0 Å². The minimum Gasteiger partial charge on any atom is -0.506 e. The summed E-state index contributed by atoms with van der Waals surface area (Å²) in [4.78, 5) is 20.3. The maximum atomic E-state index is 10.2. The average Bonchev–Trinajstić information content (AvgIpc) is 2.60. The van der Waals surface area contributed by atoms with Gasteiger partial charge in [-0.3, -0.25) is 14.8 Å². The second-order valence-electron chi connectivity index (χ2n) is 3.66. The number of hydrogen-bond donors (Lipinski definition) is 3. The van der Waals surface area contributed by atoms with Crippen molar-refractivity contribution in [2.75, 3.05) is 0 Å². The van der Waals surface area contributed by atoms with Gasteiger partial charge in [0, 0.05) is 36.9 Å². The average molecular weight is 315 g/mol. The van der Waals surface area contributed by atoms with Crippen LogP contribution < -0.4 is 5.43 Å². The zero-order chi connectivity index (χ0) is 17.3. The van der Waals surface area contributed by atoms with Gasteiger partial charge in [-0.25, -0.2) is 0 Å². The third-order valence-electron chi connectivity index (χ3n) is 1.98. The van der Waals surface area contributed by atoms with Crippen molar-refractivity contribution < 1.29 is 10.2 Å². The smallest absolute Gasteiger partial charge is 0.181 e. The molecule has 0 atom stereocenters. The Labute approximate surface area is 135 Å². The molecule has 0 aliphatic rings. The first kappa shape index (κ1) is 19.9. The summed E-state index contributed by atoms with van der Waals surface area (Å²) < 4.78 is 0. The van der Waals surface area contributed by atoms with Crippen LogP contribution in [-0.2, 0) is 0 Å². The van der Waals surface area contributed by atoms with Crippen LogP contribution >= 0.6 is 0 Å². The van der Waals surface area contributed by atoms with E-state index in [1.807, 2.05) is 13.8 Å². The molecular formula is C17H21N3O3. The predicted octanol–water partition coefficient (Wildman–Crippen LogP) is 2.98. The number of hydrogen-bond acceptors (Lipinski definition) is 5. The highest BCUT2D eigenvalue weighted by Gasteiger charge is 1.76. The molecule has 23 heavy (non-hydrogen) atoms. The topological polar surface area (TPSA) is 99.1 Å². The summed E-state index contributed by atoms with van der Waals surface area (Å²) in [5, 5.41) is 17.1. The van der Waals surface area contributed by atoms with Crippen molar-refractivity contribution in [1.29, 1.82) is 0 Å². The first-order chi connectivity index (χ1) is 11.2. The Hall–Kier alpha value is -3.15. The lowest BCUT2D eigenvalue weighted by atomic mass is 10.5. The van der Waals surface area contributed by atoms with E-state index < -0.39 is 0 Å². The number of nitrogens with one attached hydrogen (secondary N) is 1. The Morgan fingerprint density at radius 3 is 1.43 bits per heavy atom. The van der Waals surface area contributed by atoms with Gasteiger partial charge in [0.15, 0.2) is 5.43 Å². The molecule has 0 bridgehead atoms. The second-order valence-corrected chi connectivity index (χ2v) is 3.66. The minimum atomic E-state index is 0.0405. The molecule has 0 unspecified atom stereocenters. The third-order valence-corrected chi connectivity index (χ3v) is 1.98. The molecule has 3 rings (SSSR count). The number of aromatic nitrogens is 3. The second kappa shape index (κ2) is 13.8. The van der Waals surface area contributed by atoms with Gasteiger partial charge in [0.2, 0.25) is 0 Å². The van der Waals surface area contributed by atoms with Crippen molar-refractivity contribution in [2.45, 2.75) is 13.8 Å². The monoisotopic (exact) mass is 315 g/mol. The molecule has 6 nitrogen and oxygen atoms in total. The van der Waals surface area contributed by atoms with E-state index in [0.717, 1.165) is 0 Å². The van der Waals surface area contributed by atoms with Crippen molar-refractivity contribution in [3.05, 3.63) is 83.8 Å². The van der Waals surface area contributed by atoms with Crippen LogP contribution in [0.15, 0.2) is 78.4 Å². The Morgan fingerprint density at radius 1 is 0.826 bits per heavy atom. The van der Waals surface area contributed by atoms with Gasteiger partial charge in [0.25, 0.3) is 0 Å². The molecule has 6 heteroatoms. The van der Waals surface area contributed by atoms with Crippen molar-refractivity contribution in [3.63, 3.8) is 0 Å². The van der Waals surface area contributed by atoms with Gasteiger partial charge in [-0.05, 0) is 24.3 Å². The number of rotatable bonds is 0. The Balaban J connectivity index is 0.000000299. The van der Waals surface area contributed by atoms with Gasteiger partial charge < -0.3 is 15.2 Å². The minimum absolute atomic E-state index is 0.0405. The van der Waals surface area contributed by atoms with Crippen molar-refractivity contribution in [2.24, 2.45) is 0 Å². The van der Waals surface area contributed by atoms with Gasteiger partial charge in [-0.1, -0.05) is 13.8 Å². The number of pyridine rings is 3. The molecule has 0 fully saturated rings. The molecule has 0 saturated heterocycles. The van der Waals surface area contributed by atoms with E-state index in [2.05, 4.69) is 15.0 Å². The molecule has 0 saturated carbocycles. The quantitative estimate of drug-likeness (QED) is 0.592. The summed E-state index contributed by atoms with van der Waals surface area (Å²) in [6, 6.07) is 9.45. The summed E-state index contributed by atoms with van der Waals surface area (Å²) in [5.41, 5.74) is 0.0405. The van der Waals surface area contributed by atoms with Gasteiger partial charge in [0.1, 0.15) is 11.5 Å². The van der Waals surface area contributed by atoms with Crippen LogP contribution in [0, 0.1) is 0 Å². The van der Waals surface area contributed by atoms with E-state index in [1.54, 1.807) is 49.1 Å². The van der Waals surface area contributed by atoms with Crippen molar-refractivity contribution in [3.8, 4) is 11.5 Å². The van der Waals surface area contributed by atoms with Crippen LogP contribution in [0.2, 0.25) is 0 Å². The highest BCUT2D eigenvalue weighted by Crippen LogP contribution is 2.00. The van der Waals surface area contributed by atoms with E-state index in [9.17, 15) is 4.79 Å². The van der Waals surface area contributed by atoms with E-state index in [4.69, 9.17) is 10.2 Å². The summed E-state index contributed by atoms with van der Waals surface area (Å²) in [6.45, 7) is 4.00. The molecule has 3 aromatic rings. The van der Waals surface area contributed by atoms with Crippen LogP contribution in [0.3, 0.4) is 0 Å². The fourth-order valence-electron chi connectivity index (χ4n) is 1.08. The van der Waals surface area contributed by atoms with Crippen LogP contribution in [0.1, 0.15) is 13.8 Å². The van der Waals surface area contributed by atoms with Crippen LogP contribution in [0.4, 0.5) is 0 Å². The normalized spacial score (nSPS) is 8.09. The Bertz CT molecular complexity index is 603. The molecule has 0 aromatic carbocycles. The number of aromatic amines is 1. The number of aromatic hydroxyl groups is 2. The molecule has 0 aliphatic heterocycles. The standard InChI is InChI=1S/3C5H5NO.C2H6/c7-5-1-3-6-4-2-5;2*7-5-2-1-3-6-4-5;1-2/h1-4H,(H,6,7);2*1-4,7H;1-2H3. The Kier molecular flexibility index (Phi) is 11.9. The maximum Gasteiger partial charge on any atom is 0.181 e. The SMILES string of the molecule is CC.O=c1cc[nH]cc1.Oc1cccnc1.Oc1cccnc1. The molecule has 0 radical (unpaired) electrons. The molecule has 0 aliphatic carbocycles. The van der Waals surface area contributed by atoms with Gasteiger partial charge in [0.05, 0.1) is 12.4 Å². The van der Waals surface area contributed by atoms with Gasteiger partial charge in [-0.15, -0.1) is 0 Å². The lowest BCUT2D eigenvalue weighted by Crippen LogP contribution is -1.92. The largest absolute Gasteiger partial charge is 0.506 e. The Morgan fingerprint density at radius 2 is 1.26 bits per heavy atom. The first-order valence-corrected chi connectivity index (χ1v) is 6.99. The molecule has 0 spiro atoms. The fourth-order valence-corrected chi connectivity index (χ4v) is 1.08. The zero-order valence-electron chi connectivity index (χ0n) is 13.1. The van der Waals surface area contributed by atoms with E-state index in [1.165, 1.54) is 24.5 Å². The highest BCUT2D eigenvalue weighted by molar-refractivity contribution is 5.12. The summed E-state index contributed by atoms with van der Waals surface area (Å²) in [6.07, 6.45) is 9.20. The van der Waals surface area contributed by atoms with Gasteiger partial charge >= 0.3 is 0 Å². The zero-order valence-corrected chi connectivity index (χ0v) is 13.1. The molecule has 122 valence electrons. The maximum absolute atomic E-state index is 10.2. The molecular weight excluding hydrogens is 294 g/mol. The molecule has 0 amide bonds. The predicted molar refractivity (Wildman–Crippen MR) is 90.2 cm³/mol. The van der Waals surface area contributed by atoms with Crippen LogP contribution in [0.5, 0.6) is 11.5 Å². The van der Waals surface area contributed by atoms with Gasteiger partial charge in [-0.2, -0.15) is 0 Å². The van der Waals surface area contributed by atoms with E-state index in [0.29, 0.717) is 0 Å². The molecule has 3 aromatic heterocycles. The number of H-pyrrole nitrogens is 1. The third kappa shape index (κ3) is 12.3. The highest BCUT2D eigenvalue weighted by atomic mass is 16.3. The van der Waals surface area contributed by atoms with Crippen molar-refractivity contribution >= 4 is 0 Å². The summed E-state index contributed by atoms with van der Waals surface area (Å²) in [5.74, 6) is 0.421. The fraction of sp³-hybridized carbons (Fsp3) is 0.118. The summed E-state index contributed by atoms with van der Waals surface area (Å²) >= 11 is 0. The molecule has 3 N–H and O–H groups in total. The van der Waals surface area contributed by atoms with Crippen LogP contribution in [0.25, 0.3) is 0 Å². The lowest BCUT2D eigenvalue weighted by molar-refractivity contribution is 0.472. The van der Waals surface area contributed by atoms with E-state index >= 15 is 0 Å². The lowest BCUT2D eigenvalue weighted by Gasteiger charge is -1.81. The molecule has 3 heterocycles. The van der Waals surface area contributed by atoms with E-state index in [-0.39, 0.29) is 16.9 Å². The first-order valence-electron chi connectivity index (χ1n) is 6.99.